The summed E-state index contributed by atoms with van der Waals surface area (Å²) in [5.74, 6) is 1.37. The number of ether oxygens (including phenoxy) is 2. The van der Waals surface area contributed by atoms with Crippen LogP contribution in [0.3, 0.4) is 0 Å². The number of nitriles is 2. The summed E-state index contributed by atoms with van der Waals surface area (Å²) in [6.45, 7) is 4.68. The first-order valence-corrected chi connectivity index (χ1v) is 11.1. The summed E-state index contributed by atoms with van der Waals surface area (Å²) in [5, 5.41) is 21.5. The molecule has 0 bridgehead atoms. The molecule has 9 nitrogen and oxygen atoms in total. The quantitative estimate of drug-likeness (QED) is 0.592. The van der Waals surface area contributed by atoms with Gasteiger partial charge in [-0.15, -0.1) is 0 Å². The summed E-state index contributed by atoms with van der Waals surface area (Å²) in [7, 11) is 1.37. The SMILES string of the molecule is COC(=O)N1CCc2nc(Nc3ccc(C#N)cc3)nc(Oc3c(C)cc(C#N)cc3C)c2CC1. The molecule has 0 aliphatic carbocycles. The van der Waals surface area contributed by atoms with Crippen LogP contribution in [0.15, 0.2) is 36.4 Å². The van der Waals surface area contributed by atoms with E-state index in [0.717, 1.165) is 28.1 Å². The van der Waals surface area contributed by atoms with Crippen LogP contribution in [0.1, 0.15) is 33.5 Å². The van der Waals surface area contributed by atoms with Crippen molar-refractivity contribution in [2.45, 2.75) is 26.7 Å². The Bertz CT molecular complexity index is 1330. The molecule has 0 unspecified atom stereocenters. The first kappa shape index (κ1) is 23.5. The van der Waals surface area contributed by atoms with Crippen molar-refractivity contribution >= 4 is 17.7 Å². The van der Waals surface area contributed by atoms with Crippen molar-refractivity contribution in [3.8, 4) is 23.8 Å². The average Bonchev–Trinajstić information content (AvgIpc) is 3.09. The van der Waals surface area contributed by atoms with Crippen LogP contribution in [-0.4, -0.2) is 41.2 Å². The van der Waals surface area contributed by atoms with E-state index in [9.17, 15) is 10.1 Å². The first-order valence-electron chi connectivity index (χ1n) is 11.1. The van der Waals surface area contributed by atoms with Crippen LogP contribution in [0.4, 0.5) is 16.4 Å². The number of methoxy groups -OCH3 is 1. The van der Waals surface area contributed by atoms with Gasteiger partial charge in [-0.1, -0.05) is 0 Å². The number of benzene rings is 2. The van der Waals surface area contributed by atoms with Crippen LogP contribution in [0.2, 0.25) is 0 Å². The van der Waals surface area contributed by atoms with E-state index in [2.05, 4.69) is 22.4 Å². The lowest BCUT2D eigenvalue weighted by Gasteiger charge is -2.18. The monoisotopic (exact) mass is 468 g/mol. The Kier molecular flexibility index (Phi) is 6.79. The van der Waals surface area contributed by atoms with Gasteiger partial charge in [0.05, 0.1) is 36.1 Å². The topological polar surface area (TPSA) is 124 Å². The molecule has 1 aromatic heterocycles. The van der Waals surface area contributed by atoms with E-state index in [-0.39, 0.29) is 6.09 Å². The second-order valence-electron chi connectivity index (χ2n) is 8.20. The molecule has 176 valence electrons. The Morgan fingerprint density at radius 3 is 2.29 bits per heavy atom. The summed E-state index contributed by atoms with van der Waals surface area (Å²) in [5.41, 5.74) is 5.08. The van der Waals surface area contributed by atoms with Gasteiger partial charge in [0.2, 0.25) is 11.8 Å². The van der Waals surface area contributed by atoms with Crippen molar-refractivity contribution in [3.63, 3.8) is 0 Å². The molecular formula is C26H24N6O3. The minimum absolute atomic E-state index is 0.346. The highest BCUT2D eigenvalue weighted by Gasteiger charge is 2.25. The maximum absolute atomic E-state index is 12.1. The van der Waals surface area contributed by atoms with Crippen LogP contribution >= 0.6 is 0 Å². The van der Waals surface area contributed by atoms with E-state index in [1.807, 2.05) is 13.8 Å². The van der Waals surface area contributed by atoms with Crippen molar-refractivity contribution in [3.05, 3.63) is 69.9 Å². The Morgan fingerprint density at radius 2 is 1.66 bits per heavy atom. The first-order chi connectivity index (χ1) is 16.9. The highest BCUT2D eigenvalue weighted by molar-refractivity contribution is 5.67. The fourth-order valence-corrected chi connectivity index (χ4v) is 4.05. The molecule has 0 spiro atoms. The van der Waals surface area contributed by atoms with E-state index in [1.54, 1.807) is 41.3 Å². The van der Waals surface area contributed by atoms with Gasteiger partial charge in [0.25, 0.3) is 0 Å². The molecule has 35 heavy (non-hydrogen) atoms. The zero-order valence-corrected chi connectivity index (χ0v) is 19.8. The van der Waals surface area contributed by atoms with Crippen LogP contribution in [0, 0.1) is 36.5 Å². The van der Waals surface area contributed by atoms with Gasteiger partial charge in [-0.05, 0) is 67.8 Å². The van der Waals surface area contributed by atoms with Crippen molar-refractivity contribution in [1.29, 1.82) is 10.5 Å². The molecule has 3 aromatic rings. The number of anilines is 2. The second-order valence-corrected chi connectivity index (χ2v) is 8.20. The third kappa shape index (κ3) is 5.15. The van der Waals surface area contributed by atoms with E-state index in [4.69, 9.17) is 19.7 Å². The lowest BCUT2D eigenvalue weighted by atomic mass is 10.1. The highest BCUT2D eigenvalue weighted by Crippen LogP contribution is 2.34. The number of carbonyl (C=O) groups excluding carboxylic acids is 1. The maximum Gasteiger partial charge on any atom is 0.409 e. The summed E-state index contributed by atoms with van der Waals surface area (Å²) in [6, 6.07) is 14.8. The number of fused-ring (bicyclic) bond motifs is 1. The van der Waals surface area contributed by atoms with Gasteiger partial charge in [0.1, 0.15) is 5.75 Å². The average molecular weight is 469 g/mol. The van der Waals surface area contributed by atoms with Crippen molar-refractivity contribution < 1.29 is 14.3 Å². The van der Waals surface area contributed by atoms with E-state index >= 15 is 0 Å². The minimum Gasteiger partial charge on any atom is -0.453 e. The number of rotatable bonds is 4. The van der Waals surface area contributed by atoms with Crippen LogP contribution in [0.25, 0.3) is 0 Å². The van der Waals surface area contributed by atoms with Crippen molar-refractivity contribution in [2.24, 2.45) is 0 Å². The lowest BCUT2D eigenvalue weighted by molar-refractivity contribution is 0.125. The number of hydrogen-bond acceptors (Lipinski definition) is 8. The van der Waals surface area contributed by atoms with Gasteiger partial charge in [0.15, 0.2) is 0 Å². The number of nitrogens with zero attached hydrogens (tertiary/aromatic N) is 5. The molecule has 0 fully saturated rings. The number of aryl methyl sites for hydroxylation is 2. The molecule has 2 heterocycles. The lowest BCUT2D eigenvalue weighted by Crippen LogP contribution is -2.33. The van der Waals surface area contributed by atoms with E-state index < -0.39 is 0 Å². The smallest absolute Gasteiger partial charge is 0.409 e. The van der Waals surface area contributed by atoms with Gasteiger partial charge in [-0.25, -0.2) is 9.78 Å². The molecule has 0 saturated heterocycles. The number of hydrogen-bond donors (Lipinski definition) is 1. The Hall–Kier alpha value is -4.63. The fourth-order valence-electron chi connectivity index (χ4n) is 4.05. The summed E-state index contributed by atoms with van der Waals surface area (Å²) in [6.07, 6.45) is 0.630. The second kappa shape index (κ2) is 10.1. The Morgan fingerprint density at radius 1 is 1.00 bits per heavy atom. The molecule has 4 rings (SSSR count). The summed E-state index contributed by atoms with van der Waals surface area (Å²) in [4.78, 5) is 23.2. The third-order valence-corrected chi connectivity index (χ3v) is 5.80. The molecule has 0 atom stereocenters. The Balaban J connectivity index is 1.74. The van der Waals surface area contributed by atoms with Gasteiger partial charge in [-0.2, -0.15) is 15.5 Å². The van der Waals surface area contributed by atoms with Crippen LogP contribution < -0.4 is 10.1 Å². The highest BCUT2D eigenvalue weighted by atomic mass is 16.5. The molecule has 1 N–H and O–H groups in total. The third-order valence-electron chi connectivity index (χ3n) is 5.80. The predicted octanol–water partition coefficient (Wildman–Crippen LogP) is 4.54. The summed E-state index contributed by atoms with van der Waals surface area (Å²) >= 11 is 0. The standard InChI is InChI=1S/C26H24N6O3/c1-16-12-19(15-28)13-17(2)23(16)35-24-21-8-10-32(26(33)34-3)11-9-22(21)30-25(31-24)29-20-6-4-18(14-27)5-7-20/h4-7,12-13H,8-11H2,1-3H3,(H,29,30,31). The predicted molar refractivity (Wildman–Crippen MR) is 129 cm³/mol. The molecule has 1 aliphatic heterocycles. The van der Waals surface area contributed by atoms with Crippen LogP contribution in [0.5, 0.6) is 11.6 Å². The van der Waals surface area contributed by atoms with Gasteiger partial charge in [0, 0.05) is 30.8 Å². The number of carbonyl (C=O) groups is 1. The molecule has 0 saturated carbocycles. The zero-order valence-electron chi connectivity index (χ0n) is 19.8. The van der Waals surface area contributed by atoms with Gasteiger partial charge >= 0.3 is 6.09 Å². The van der Waals surface area contributed by atoms with Crippen molar-refractivity contribution in [2.75, 3.05) is 25.5 Å². The van der Waals surface area contributed by atoms with Gasteiger partial charge < -0.3 is 19.7 Å². The minimum atomic E-state index is -0.386. The molecule has 1 aliphatic rings. The van der Waals surface area contributed by atoms with E-state index in [0.29, 0.717) is 54.6 Å². The zero-order chi connectivity index (χ0) is 24.9. The number of nitrogens with one attached hydrogen (secondary N) is 1. The van der Waals surface area contributed by atoms with E-state index in [1.165, 1.54) is 7.11 Å². The number of aromatic nitrogens is 2. The molecule has 2 aromatic carbocycles. The Labute approximate surface area is 203 Å². The van der Waals surface area contributed by atoms with Crippen LogP contribution in [-0.2, 0) is 17.6 Å². The molecule has 1 amide bonds. The molecular weight excluding hydrogens is 444 g/mol. The number of amides is 1. The van der Waals surface area contributed by atoms with Crippen molar-refractivity contribution in [1.82, 2.24) is 14.9 Å². The normalized spacial score (nSPS) is 12.5. The maximum atomic E-state index is 12.1. The molecule has 0 radical (unpaired) electrons. The largest absolute Gasteiger partial charge is 0.453 e. The molecule has 9 heteroatoms. The van der Waals surface area contributed by atoms with Gasteiger partial charge in [-0.3, -0.25) is 0 Å². The summed E-state index contributed by atoms with van der Waals surface area (Å²) < 4.78 is 11.3. The fraction of sp³-hybridized carbons (Fsp3) is 0.269.